The van der Waals surface area contributed by atoms with Crippen LogP contribution in [-0.4, -0.2) is 33.0 Å². The molecule has 1 heterocycles. The molecule has 4 nitrogen and oxygen atoms in total. The van der Waals surface area contributed by atoms with Crippen LogP contribution in [0.3, 0.4) is 0 Å². The number of hydrogen-bond donors (Lipinski definition) is 1. The molecule has 1 fully saturated rings. The highest BCUT2D eigenvalue weighted by Crippen LogP contribution is 2.30. The Morgan fingerprint density at radius 3 is 2.77 bits per heavy atom. The minimum absolute atomic E-state index is 0.408. The number of rotatable bonds is 7. The van der Waals surface area contributed by atoms with Crippen molar-refractivity contribution in [2.24, 2.45) is 0 Å². The second kappa shape index (κ2) is 6.58. The minimum Gasteiger partial charge on any atom is -0.480 e. The number of carbonyl (C=O) groups is 1. The van der Waals surface area contributed by atoms with E-state index in [0.717, 1.165) is 30.0 Å². The van der Waals surface area contributed by atoms with E-state index in [1.165, 1.54) is 5.56 Å². The summed E-state index contributed by atoms with van der Waals surface area (Å²) in [5, 5.41) is 12.4. The topological polar surface area (TPSA) is 53.4 Å². The summed E-state index contributed by atoms with van der Waals surface area (Å²) in [5.41, 5.74) is 2.23. The molecule has 0 radical (unpaired) electrons. The van der Waals surface area contributed by atoms with Gasteiger partial charge in [0.25, 0.3) is 0 Å². The third-order valence-corrected chi connectivity index (χ3v) is 4.91. The Hall–Kier alpha value is -1.72. The maximum absolute atomic E-state index is 11.3. The van der Waals surface area contributed by atoms with Crippen molar-refractivity contribution in [1.29, 1.82) is 0 Å². The van der Waals surface area contributed by atoms with Gasteiger partial charge in [0, 0.05) is 24.4 Å². The fourth-order valence-electron chi connectivity index (χ4n) is 2.59. The summed E-state index contributed by atoms with van der Waals surface area (Å²) in [4.78, 5) is 18.0. The summed E-state index contributed by atoms with van der Waals surface area (Å²) in [7, 11) is 0. The molecule has 1 saturated carbocycles. The molecule has 1 unspecified atom stereocenters. The molecule has 5 heteroatoms. The van der Waals surface area contributed by atoms with Crippen LogP contribution in [0, 0.1) is 0 Å². The van der Waals surface area contributed by atoms with Gasteiger partial charge in [0.05, 0.1) is 10.7 Å². The van der Waals surface area contributed by atoms with E-state index < -0.39 is 12.0 Å². The van der Waals surface area contributed by atoms with E-state index in [1.54, 1.807) is 18.3 Å². The first kappa shape index (κ1) is 15.2. The molecule has 116 valence electrons. The zero-order chi connectivity index (χ0) is 15.5. The number of thiazole rings is 1. The second-order valence-electron chi connectivity index (χ2n) is 5.81. The first-order valence-electron chi connectivity index (χ1n) is 7.59. The molecule has 1 aromatic carbocycles. The van der Waals surface area contributed by atoms with Gasteiger partial charge < -0.3 is 5.11 Å². The number of hydrogen-bond acceptors (Lipinski definition) is 4. The van der Waals surface area contributed by atoms with Gasteiger partial charge in [0.2, 0.25) is 0 Å². The molecule has 2 aromatic rings. The average Bonchev–Trinajstić information content (AvgIpc) is 3.26. The van der Waals surface area contributed by atoms with E-state index in [1.807, 2.05) is 18.2 Å². The number of benzene rings is 1. The molecule has 3 rings (SSSR count). The van der Waals surface area contributed by atoms with Gasteiger partial charge in [-0.3, -0.25) is 9.69 Å². The van der Waals surface area contributed by atoms with Crippen molar-refractivity contribution in [3.05, 3.63) is 52.0 Å². The summed E-state index contributed by atoms with van der Waals surface area (Å²) < 4.78 is 0. The third-order valence-electron chi connectivity index (χ3n) is 4.01. The highest BCUT2D eigenvalue weighted by molar-refractivity contribution is 7.09. The summed E-state index contributed by atoms with van der Waals surface area (Å²) in [6.45, 7) is 2.39. The second-order valence-corrected chi connectivity index (χ2v) is 6.76. The molecule has 1 aliphatic carbocycles. The Labute approximate surface area is 134 Å². The standard InChI is InChI=1S/C17H20N2O2S/c1-12(17(20)21)19(15-7-8-15)10-14-11-22-16(18-14)9-13-5-3-2-4-6-13/h2-6,11-12,15H,7-10H2,1H3,(H,20,21). The van der Waals surface area contributed by atoms with Crippen LogP contribution in [0.25, 0.3) is 0 Å². The van der Waals surface area contributed by atoms with Crippen LogP contribution in [0.1, 0.15) is 36.0 Å². The van der Waals surface area contributed by atoms with Crippen LogP contribution in [0.5, 0.6) is 0 Å². The zero-order valence-electron chi connectivity index (χ0n) is 12.6. The highest BCUT2D eigenvalue weighted by Gasteiger charge is 2.35. The Bertz CT molecular complexity index is 637. The molecule has 0 spiro atoms. The predicted octanol–water partition coefficient (Wildman–Crippen LogP) is 3.17. The fourth-order valence-corrected chi connectivity index (χ4v) is 3.41. The van der Waals surface area contributed by atoms with Gasteiger partial charge in [-0.25, -0.2) is 4.98 Å². The van der Waals surface area contributed by atoms with Crippen LogP contribution in [0.15, 0.2) is 35.7 Å². The molecule has 0 aliphatic heterocycles. The van der Waals surface area contributed by atoms with Crippen molar-refractivity contribution in [2.45, 2.75) is 44.8 Å². The molecule has 0 saturated heterocycles. The van der Waals surface area contributed by atoms with Crippen LogP contribution in [0.4, 0.5) is 0 Å². The lowest BCUT2D eigenvalue weighted by Gasteiger charge is -2.25. The van der Waals surface area contributed by atoms with Crippen molar-refractivity contribution < 1.29 is 9.90 Å². The number of aliphatic carboxylic acids is 1. The Kier molecular flexibility index (Phi) is 4.55. The Morgan fingerprint density at radius 2 is 2.14 bits per heavy atom. The van der Waals surface area contributed by atoms with Crippen LogP contribution in [-0.2, 0) is 17.8 Å². The van der Waals surface area contributed by atoms with Gasteiger partial charge in [0.1, 0.15) is 6.04 Å². The quantitative estimate of drug-likeness (QED) is 0.852. The minimum atomic E-state index is -0.758. The molecular weight excluding hydrogens is 296 g/mol. The van der Waals surface area contributed by atoms with Gasteiger partial charge >= 0.3 is 5.97 Å². The number of nitrogens with zero attached hydrogens (tertiary/aromatic N) is 2. The highest BCUT2D eigenvalue weighted by atomic mass is 32.1. The summed E-state index contributed by atoms with van der Waals surface area (Å²) in [6.07, 6.45) is 3.03. The van der Waals surface area contributed by atoms with Crippen molar-refractivity contribution >= 4 is 17.3 Å². The average molecular weight is 316 g/mol. The van der Waals surface area contributed by atoms with E-state index in [9.17, 15) is 9.90 Å². The van der Waals surface area contributed by atoms with Crippen molar-refractivity contribution in [2.75, 3.05) is 0 Å². The number of carboxylic acid groups (broad SMARTS) is 1. The predicted molar refractivity (Wildman–Crippen MR) is 87.0 cm³/mol. The van der Waals surface area contributed by atoms with Crippen LogP contribution in [0.2, 0.25) is 0 Å². The molecule has 0 bridgehead atoms. The van der Waals surface area contributed by atoms with Crippen molar-refractivity contribution in [1.82, 2.24) is 9.88 Å². The van der Waals surface area contributed by atoms with Crippen molar-refractivity contribution in [3.63, 3.8) is 0 Å². The first-order chi connectivity index (χ1) is 10.6. The number of aromatic nitrogens is 1. The largest absolute Gasteiger partial charge is 0.480 e. The fraction of sp³-hybridized carbons (Fsp3) is 0.412. The summed E-state index contributed by atoms with van der Waals surface area (Å²) >= 11 is 1.65. The first-order valence-corrected chi connectivity index (χ1v) is 8.47. The molecule has 1 atom stereocenters. The van der Waals surface area contributed by atoms with Gasteiger partial charge in [-0.1, -0.05) is 30.3 Å². The molecule has 1 aliphatic rings. The smallest absolute Gasteiger partial charge is 0.320 e. The van der Waals surface area contributed by atoms with Gasteiger partial charge in [0.15, 0.2) is 0 Å². The van der Waals surface area contributed by atoms with Crippen LogP contribution < -0.4 is 0 Å². The maximum Gasteiger partial charge on any atom is 0.320 e. The van der Waals surface area contributed by atoms with E-state index in [0.29, 0.717) is 12.6 Å². The Morgan fingerprint density at radius 1 is 1.41 bits per heavy atom. The number of carboxylic acids is 1. The van der Waals surface area contributed by atoms with E-state index in [2.05, 4.69) is 27.4 Å². The molecule has 1 N–H and O–H groups in total. The van der Waals surface area contributed by atoms with Gasteiger partial charge in [-0.15, -0.1) is 11.3 Å². The lowest BCUT2D eigenvalue weighted by Crippen LogP contribution is -2.40. The van der Waals surface area contributed by atoms with E-state index in [4.69, 9.17) is 0 Å². The Balaban J connectivity index is 1.66. The molecule has 1 aromatic heterocycles. The maximum atomic E-state index is 11.3. The van der Waals surface area contributed by atoms with Crippen LogP contribution >= 0.6 is 11.3 Å². The van der Waals surface area contributed by atoms with Gasteiger partial charge in [-0.05, 0) is 25.3 Å². The summed E-state index contributed by atoms with van der Waals surface area (Å²) in [5.74, 6) is -0.758. The molecule has 22 heavy (non-hydrogen) atoms. The molecular formula is C17H20N2O2S. The zero-order valence-corrected chi connectivity index (χ0v) is 13.4. The normalized spacial score (nSPS) is 15.9. The third kappa shape index (κ3) is 3.72. The lowest BCUT2D eigenvalue weighted by molar-refractivity contribution is -0.143. The lowest BCUT2D eigenvalue weighted by atomic mass is 10.2. The monoisotopic (exact) mass is 316 g/mol. The summed E-state index contributed by atoms with van der Waals surface area (Å²) in [6, 6.07) is 10.2. The van der Waals surface area contributed by atoms with E-state index >= 15 is 0 Å². The molecule has 0 amide bonds. The SMILES string of the molecule is CC(C(=O)O)N(Cc1csc(Cc2ccccc2)n1)C1CC1. The van der Waals surface area contributed by atoms with Crippen molar-refractivity contribution in [3.8, 4) is 0 Å². The van der Waals surface area contributed by atoms with Gasteiger partial charge in [-0.2, -0.15) is 0 Å². The van der Waals surface area contributed by atoms with E-state index in [-0.39, 0.29) is 0 Å².